The number of hydrogen-bond donors (Lipinski definition) is 2. The second-order valence-electron chi connectivity index (χ2n) is 5.96. The molecule has 23 heavy (non-hydrogen) atoms. The molecule has 1 amide bonds. The van der Waals surface area contributed by atoms with Gasteiger partial charge in [-0.05, 0) is 36.5 Å². The van der Waals surface area contributed by atoms with E-state index in [2.05, 4.69) is 22.8 Å². The summed E-state index contributed by atoms with van der Waals surface area (Å²) in [6.45, 7) is 2.89. The zero-order chi connectivity index (χ0) is 15.6. The molecule has 0 radical (unpaired) electrons. The van der Waals surface area contributed by atoms with Crippen molar-refractivity contribution in [2.24, 2.45) is 0 Å². The summed E-state index contributed by atoms with van der Waals surface area (Å²) in [5.41, 5.74) is 2.13. The maximum atomic E-state index is 12.1. The van der Waals surface area contributed by atoms with Crippen molar-refractivity contribution in [2.45, 2.75) is 38.0 Å². The third kappa shape index (κ3) is 6.90. The highest BCUT2D eigenvalue weighted by Crippen LogP contribution is 2.32. The number of benzene rings is 1. The Morgan fingerprint density at radius 3 is 2.43 bits per heavy atom. The van der Waals surface area contributed by atoms with Crippen molar-refractivity contribution >= 4 is 18.3 Å². The highest BCUT2D eigenvalue weighted by molar-refractivity contribution is 5.94. The molecule has 1 fully saturated rings. The van der Waals surface area contributed by atoms with Gasteiger partial charge in [0, 0.05) is 32.3 Å². The summed E-state index contributed by atoms with van der Waals surface area (Å²) in [6.07, 6.45) is 6.62. The summed E-state index contributed by atoms with van der Waals surface area (Å²) in [5.74, 6) is 0.694. The van der Waals surface area contributed by atoms with Crippen molar-refractivity contribution in [3.63, 3.8) is 0 Å². The number of carbonyl (C=O) groups is 1. The Kier molecular flexibility index (Phi) is 9.92. The molecule has 1 saturated carbocycles. The molecule has 0 atom stereocenters. The van der Waals surface area contributed by atoms with Gasteiger partial charge in [0.2, 0.25) is 0 Å². The highest BCUT2D eigenvalue weighted by atomic mass is 35.5. The van der Waals surface area contributed by atoms with Crippen molar-refractivity contribution < 1.29 is 9.53 Å². The molecular formula is C18H29ClN2O2. The molecule has 1 aliphatic rings. The van der Waals surface area contributed by atoms with Gasteiger partial charge in [-0.3, -0.25) is 4.79 Å². The van der Waals surface area contributed by atoms with E-state index >= 15 is 0 Å². The van der Waals surface area contributed by atoms with Gasteiger partial charge >= 0.3 is 0 Å². The molecule has 2 N–H and O–H groups in total. The minimum atomic E-state index is 0. The van der Waals surface area contributed by atoms with Crippen molar-refractivity contribution in [3.8, 4) is 0 Å². The largest absolute Gasteiger partial charge is 0.383 e. The lowest BCUT2D eigenvalue weighted by atomic mass is 9.84. The van der Waals surface area contributed by atoms with E-state index in [4.69, 9.17) is 4.74 Å². The topological polar surface area (TPSA) is 50.4 Å². The predicted molar refractivity (Wildman–Crippen MR) is 96.6 cm³/mol. The van der Waals surface area contributed by atoms with E-state index in [0.29, 0.717) is 19.1 Å². The maximum absolute atomic E-state index is 12.1. The van der Waals surface area contributed by atoms with Gasteiger partial charge in [-0.25, -0.2) is 0 Å². The van der Waals surface area contributed by atoms with Crippen molar-refractivity contribution in [2.75, 3.05) is 33.4 Å². The van der Waals surface area contributed by atoms with Gasteiger partial charge in [0.15, 0.2) is 0 Å². The Hall–Kier alpha value is -1.10. The molecule has 0 bridgehead atoms. The smallest absolute Gasteiger partial charge is 0.251 e. The van der Waals surface area contributed by atoms with Gasteiger partial charge in [0.05, 0.1) is 6.61 Å². The minimum Gasteiger partial charge on any atom is -0.383 e. The van der Waals surface area contributed by atoms with Gasteiger partial charge in [-0.2, -0.15) is 0 Å². The first-order valence-electron chi connectivity index (χ1n) is 8.39. The van der Waals surface area contributed by atoms with Gasteiger partial charge in [0.25, 0.3) is 5.91 Å². The Morgan fingerprint density at radius 2 is 1.78 bits per heavy atom. The summed E-state index contributed by atoms with van der Waals surface area (Å²) < 4.78 is 4.95. The molecule has 0 aliphatic heterocycles. The highest BCUT2D eigenvalue weighted by Gasteiger charge is 2.15. The van der Waals surface area contributed by atoms with E-state index in [1.807, 2.05) is 12.1 Å². The summed E-state index contributed by atoms with van der Waals surface area (Å²) >= 11 is 0. The monoisotopic (exact) mass is 340 g/mol. The fourth-order valence-electron chi connectivity index (χ4n) is 3.01. The van der Waals surface area contributed by atoms with Crippen LogP contribution in [-0.2, 0) is 4.74 Å². The number of nitrogens with one attached hydrogen (secondary N) is 2. The van der Waals surface area contributed by atoms with Crippen LogP contribution in [0.15, 0.2) is 24.3 Å². The lowest BCUT2D eigenvalue weighted by Gasteiger charge is -2.22. The van der Waals surface area contributed by atoms with Crippen LogP contribution in [0.25, 0.3) is 0 Å². The molecule has 2 rings (SSSR count). The van der Waals surface area contributed by atoms with E-state index in [-0.39, 0.29) is 18.3 Å². The van der Waals surface area contributed by atoms with Crippen LogP contribution in [0.1, 0.15) is 53.9 Å². The summed E-state index contributed by atoms with van der Waals surface area (Å²) in [4.78, 5) is 12.1. The van der Waals surface area contributed by atoms with Gasteiger partial charge in [-0.1, -0.05) is 31.4 Å². The first-order valence-corrected chi connectivity index (χ1v) is 8.39. The van der Waals surface area contributed by atoms with Crippen LogP contribution in [0.4, 0.5) is 0 Å². The van der Waals surface area contributed by atoms with Crippen LogP contribution in [0.5, 0.6) is 0 Å². The van der Waals surface area contributed by atoms with Crippen LogP contribution in [0.2, 0.25) is 0 Å². The standard InChI is InChI=1S/C18H28N2O2.ClH/c1-22-14-13-19-11-12-20-18(21)17-9-7-16(8-10-17)15-5-3-2-4-6-15;/h7-10,15,19H,2-6,11-14H2,1H3,(H,20,21);1H. The molecule has 4 nitrogen and oxygen atoms in total. The molecule has 0 heterocycles. The molecule has 0 spiro atoms. The third-order valence-corrected chi connectivity index (χ3v) is 4.32. The van der Waals surface area contributed by atoms with Gasteiger partial charge in [-0.15, -0.1) is 12.4 Å². The summed E-state index contributed by atoms with van der Waals surface area (Å²) in [7, 11) is 1.68. The molecule has 0 aromatic heterocycles. The average Bonchev–Trinajstić information content (AvgIpc) is 2.59. The van der Waals surface area contributed by atoms with Gasteiger partial charge in [0.1, 0.15) is 0 Å². The normalized spacial score (nSPS) is 15.0. The summed E-state index contributed by atoms with van der Waals surface area (Å²) in [6, 6.07) is 8.17. The van der Waals surface area contributed by atoms with E-state index in [1.54, 1.807) is 7.11 Å². The van der Waals surface area contributed by atoms with E-state index < -0.39 is 0 Å². The number of carbonyl (C=O) groups excluding carboxylic acids is 1. The van der Waals surface area contributed by atoms with Crippen LogP contribution in [0.3, 0.4) is 0 Å². The molecule has 5 heteroatoms. The zero-order valence-corrected chi connectivity index (χ0v) is 14.8. The van der Waals surface area contributed by atoms with E-state index in [0.717, 1.165) is 18.7 Å². The van der Waals surface area contributed by atoms with Crippen LogP contribution in [-0.4, -0.2) is 39.3 Å². The van der Waals surface area contributed by atoms with E-state index in [1.165, 1.54) is 37.7 Å². The molecule has 0 unspecified atom stereocenters. The quantitative estimate of drug-likeness (QED) is 0.715. The summed E-state index contributed by atoms with van der Waals surface area (Å²) in [5, 5.41) is 6.14. The first-order chi connectivity index (χ1) is 10.8. The molecule has 1 aromatic rings. The molecule has 0 saturated heterocycles. The van der Waals surface area contributed by atoms with Crippen LogP contribution in [0, 0.1) is 0 Å². The van der Waals surface area contributed by atoms with Crippen molar-refractivity contribution in [1.29, 1.82) is 0 Å². The zero-order valence-electron chi connectivity index (χ0n) is 14.0. The Labute approximate surface area is 145 Å². The second-order valence-corrected chi connectivity index (χ2v) is 5.96. The first kappa shape index (κ1) is 19.9. The average molecular weight is 341 g/mol. The fourth-order valence-corrected chi connectivity index (χ4v) is 3.01. The Morgan fingerprint density at radius 1 is 1.09 bits per heavy atom. The Balaban J connectivity index is 0.00000264. The molecule has 1 aromatic carbocycles. The molecule has 1 aliphatic carbocycles. The number of amides is 1. The lowest BCUT2D eigenvalue weighted by molar-refractivity contribution is 0.0953. The third-order valence-electron chi connectivity index (χ3n) is 4.32. The molecule has 130 valence electrons. The fraction of sp³-hybridized carbons (Fsp3) is 0.611. The predicted octanol–water partition coefficient (Wildman–Crippen LogP) is 3.12. The van der Waals surface area contributed by atoms with Crippen molar-refractivity contribution in [3.05, 3.63) is 35.4 Å². The number of ether oxygens (including phenoxy) is 1. The number of hydrogen-bond acceptors (Lipinski definition) is 3. The Bertz CT molecular complexity index is 445. The van der Waals surface area contributed by atoms with Crippen LogP contribution < -0.4 is 10.6 Å². The van der Waals surface area contributed by atoms with E-state index in [9.17, 15) is 4.79 Å². The van der Waals surface area contributed by atoms with Crippen molar-refractivity contribution in [1.82, 2.24) is 10.6 Å². The van der Waals surface area contributed by atoms with Crippen LogP contribution >= 0.6 is 12.4 Å². The maximum Gasteiger partial charge on any atom is 0.251 e. The number of halogens is 1. The number of methoxy groups -OCH3 is 1. The SMILES string of the molecule is COCCNCCNC(=O)c1ccc(C2CCCCC2)cc1.Cl. The van der Waals surface area contributed by atoms with Gasteiger partial charge < -0.3 is 15.4 Å². The lowest BCUT2D eigenvalue weighted by Crippen LogP contribution is -2.33. The minimum absolute atomic E-state index is 0. The number of rotatable bonds is 8. The second kappa shape index (κ2) is 11.4. The molecular weight excluding hydrogens is 312 g/mol.